The highest BCUT2D eigenvalue weighted by molar-refractivity contribution is 7.89. The fourth-order valence-electron chi connectivity index (χ4n) is 2.60. The molecule has 1 N–H and O–H groups in total. The van der Waals surface area contributed by atoms with E-state index in [1.165, 1.54) is 18.2 Å². The number of hydrogen-bond acceptors (Lipinski definition) is 5. The maximum Gasteiger partial charge on any atom is 0.322 e. The summed E-state index contributed by atoms with van der Waals surface area (Å²) in [5, 5.41) is 9.20. The highest BCUT2D eigenvalue weighted by Gasteiger charge is 2.39. The van der Waals surface area contributed by atoms with Crippen LogP contribution in [0.15, 0.2) is 23.1 Å². The minimum absolute atomic E-state index is 0.0116. The van der Waals surface area contributed by atoms with Crippen LogP contribution in [0.1, 0.15) is 26.7 Å². The molecule has 128 valence electrons. The average Bonchev–Trinajstić information content (AvgIpc) is 3.00. The monoisotopic (exact) mass is 343 g/mol. The fourth-order valence-corrected chi connectivity index (χ4v) is 4.27. The lowest BCUT2D eigenvalue weighted by Crippen LogP contribution is -2.40. The topological polar surface area (TPSA) is 93.1 Å². The Kier molecular flexibility index (Phi) is 5.48. The van der Waals surface area contributed by atoms with E-state index < -0.39 is 22.0 Å². The summed E-state index contributed by atoms with van der Waals surface area (Å²) >= 11 is 0. The highest BCUT2D eigenvalue weighted by Crippen LogP contribution is 2.33. The first kappa shape index (κ1) is 17.6. The molecular formula is C15H21NO6S. The Labute approximate surface area is 135 Å². The third-order valence-electron chi connectivity index (χ3n) is 3.61. The molecule has 23 heavy (non-hydrogen) atoms. The van der Waals surface area contributed by atoms with Crippen molar-refractivity contribution in [3.8, 4) is 11.5 Å². The van der Waals surface area contributed by atoms with Crippen LogP contribution in [0.4, 0.5) is 0 Å². The zero-order valence-corrected chi connectivity index (χ0v) is 14.0. The van der Waals surface area contributed by atoms with E-state index in [9.17, 15) is 18.3 Å². The molecule has 8 heteroatoms. The van der Waals surface area contributed by atoms with Crippen LogP contribution in [0.5, 0.6) is 11.5 Å². The molecule has 0 bridgehead atoms. The van der Waals surface area contributed by atoms with Gasteiger partial charge < -0.3 is 14.6 Å². The first-order chi connectivity index (χ1) is 10.9. The third kappa shape index (κ3) is 3.59. The van der Waals surface area contributed by atoms with Crippen LogP contribution in [0, 0.1) is 0 Å². The molecule has 7 nitrogen and oxygen atoms in total. The maximum atomic E-state index is 12.7. The number of carboxylic acids is 1. The lowest BCUT2D eigenvalue weighted by molar-refractivity contribution is -0.140. The lowest BCUT2D eigenvalue weighted by Gasteiger charge is -2.21. The average molecular weight is 343 g/mol. The van der Waals surface area contributed by atoms with Crippen LogP contribution >= 0.6 is 0 Å². The molecule has 0 amide bonds. The van der Waals surface area contributed by atoms with E-state index in [-0.39, 0.29) is 11.4 Å². The van der Waals surface area contributed by atoms with Crippen molar-refractivity contribution in [1.82, 2.24) is 4.31 Å². The summed E-state index contributed by atoms with van der Waals surface area (Å²) in [5.74, 6) is -0.326. The van der Waals surface area contributed by atoms with Gasteiger partial charge in [0.25, 0.3) is 0 Å². The standard InChI is InChI=1S/C15H21NO6S/c1-3-21-13-8-7-11(10-14(13)22-4-2)23(19,20)16-9-5-6-12(16)15(17)18/h7-8,10,12H,3-6,9H2,1-2H3,(H,17,18)/t12-/m0/s1. The summed E-state index contributed by atoms with van der Waals surface area (Å²) < 4.78 is 37.4. The number of hydrogen-bond donors (Lipinski definition) is 1. The smallest absolute Gasteiger partial charge is 0.322 e. The first-order valence-corrected chi connectivity index (χ1v) is 9.00. The Morgan fingerprint density at radius 2 is 1.91 bits per heavy atom. The second-order valence-corrected chi connectivity index (χ2v) is 6.98. The Balaban J connectivity index is 2.39. The van der Waals surface area contributed by atoms with Crippen molar-refractivity contribution in [2.75, 3.05) is 19.8 Å². The van der Waals surface area contributed by atoms with E-state index in [1.807, 2.05) is 6.92 Å². The molecule has 1 heterocycles. The van der Waals surface area contributed by atoms with Gasteiger partial charge in [-0.1, -0.05) is 0 Å². The van der Waals surface area contributed by atoms with Crippen molar-refractivity contribution in [1.29, 1.82) is 0 Å². The third-order valence-corrected chi connectivity index (χ3v) is 5.51. The highest BCUT2D eigenvalue weighted by atomic mass is 32.2. The number of carboxylic acid groups (broad SMARTS) is 1. The number of carbonyl (C=O) groups is 1. The minimum atomic E-state index is -3.89. The molecule has 0 radical (unpaired) electrons. The molecule has 2 rings (SSSR count). The zero-order chi connectivity index (χ0) is 17.0. The summed E-state index contributed by atoms with van der Waals surface area (Å²) in [4.78, 5) is 11.3. The van der Waals surface area contributed by atoms with Gasteiger partial charge in [0.1, 0.15) is 6.04 Å². The molecule has 1 atom stereocenters. The zero-order valence-electron chi connectivity index (χ0n) is 13.2. The predicted molar refractivity (Wildman–Crippen MR) is 83.3 cm³/mol. The Morgan fingerprint density at radius 3 is 2.52 bits per heavy atom. The number of benzene rings is 1. The number of rotatable bonds is 7. The van der Waals surface area contributed by atoms with Crippen LogP contribution in [0.2, 0.25) is 0 Å². The van der Waals surface area contributed by atoms with E-state index >= 15 is 0 Å². The van der Waals surface area contributed by atoms with Crippen molar-refractivity contribution in [2.24, 2.45) is 0 Å². The van der Waals surface area contributed by atoms with Crippen molar-refractivity contribution < 1.29 is 27.8 Å². The molecule has 0 unspecified atom stereocenters. The number of aliphatic carboxylic acids is 1. The van der Waals surface area contributed by atoms with E-state index in [0.29, 0.717) is 37.6 Å². The molecule has 1 aliphatic heterocycles. The van der Waals surface area contributed by atoms with Gasteiger partial charge in [0.05, 0.1) is 18.1 Å². The quantitative estimate of drug-likeness (QED) is 0.810. The van der Waals surface area contributed by atoms with Crippen molar-refractivity contribution in [3.63, 3.8) is 0 Å². The van der Waals surface area contributed by atoms with Crippen LogP contribution in [0.25, 0.3) is 0 Å². The predicted octanol–water partition coefficient (Wildman–Crippen LogP) is 1.72. The molecular weight excluding hydrogens is 322 g/mol. The van der Waals surface area contributed by atoms with Gasteiger partial charge in [0.15, 0.2) is 11.5 Å². The van der Waals surface area contributed by atoms with Gasteiger partial charge >= 0.3 is 5.97 Å². The van der Waals surface area contributed by atoms with Crippen LogP contribution in [-0.4, -0.2) is 49.6 Å². The molecule has 1 fully saturated rings. The minimum Gasteiger partial charge on any atom is -0.490 e. The van der Waals surface area contributed by atoms with Crippen LogP contribution < -0.4 is 9.47 Å². The summed E-state index contributed by atoms with van der Waals surface area (Å²) in [6.07, 6.45) is 0.857. The Morgan fingerprint density at radius 1 is 1.26 bits per heavy atom. The second-order valence-electron chi connectivity index (χ2n) is 5.09. The van der Waals surface area contributed by atoms with Crippen molar-refractivity contribution in [3.05, 3.63) is 18.2 Å². The summed E-state index contributed by atoms with van der Waals surface area (Å²) in [6, 6.07) is 3.33. The largest absolute Gasteiger partial charge is 0.490 e. The maximum absolute atomic E-state index is 12.7. The molecule has 1 aliphatic rings. The van der Waals surface area contributed by atoms with Gasteiger partial charge in [0, 0.05) is 12.6 Å². The van der Waals surface area contributed by atoms with Crippen molar-refractivity contribution in [2.45, 2.75) is 37.6 Å². The van der Waals surface area contributed by atoms with Crippen molar-refractivity contribution >= 4 is 16.0 Å². The van der Waals surface area contributed by atoms with Gasteiger partial charge in [-0.3, -0.25) is 4.79 Å². The lowest BCUT2D eigenvalue weighted by atomic mass is 10.2. The summed E-state index contributed by atoms with van der Waals surface area (Å²) in [6.45, 7) is 4.61. The molecule has 0 saturated carbocycles. The van der Waals surface area contributed by atoms with Crippen LogP contribution in [0.3, 0.4) is 0 Å². The SMILES string of the molecule is CCOc1ccc(S(=O)(=O)N2CCC[C@H]2C(=O)O)cc1OCC. The number of nitrogens with zero attached hydrogens (tertiary/aromatic N) is 1. The van der Waals surface area contributed by atoms with Gasteiger partial charge in [-0.2, -0.15) is 4.31 Å². The molecule has 1 aromatic rings. The summed E-state index contributed by atoms with van der Waals surface area (Å²) in [7, 11) is -3.89. The first-order valence-electron chi connectivity index (χ1n) is 7.56. The van der Waals surface area contributed by atoms with E-state index in [0.717, 1.165) is 4.31 Å². The number of ether oxygens (including phenoxy) is 2. The Bertz CT molecular complexity index is 673. The normalized spacial score (nSPS) is 18.8. The Hall–Kier alpha value is -1.80. The summed E-state index contributed by atoms with van der Waals surface area (Å²) in [5.41, 5.74) is 0. The molecule has 0 aromatic heterocycles. The van der Waals surface area contributed by atoms with Gasteiger partial charge in [-0.15, -0.1) is 0 Å². The molecule has 1 aromatic carbocycles. The second kappa shape index (κ2) is 7.18. The molecule has 0 spiro atoms. The fraction of sp³-hybridized carbons (Fsp3) is 0.533. The molecule has 0 aliphatic carbocycles. The van der Waals surface area contributed by atoms with Gasteiger partial charge in [-0.25, -0.2) is 8.42 Å². The van der Waals surface area contributed by atoms with Gasteiger partial charge in [0.2, 0.25) is 10.0 Å². The van der Waals surface area contributed by atoms with E-state index in [4.69, 9.17) is 9.47 Å². The van der Waals surface area contributed by atoms with E-state index in [1.54, 1.807) is 6.92 Å². The van der Waals surface area contributed by atoms with Gasteiger partial charge in [-0.05, 0) is 38.8 Å². The molecule has 1 saturated heterocycles. The van der Waals surface area contributed by atoms with Crippen LogP contribution in [-0.2, 0) is 14.8 Å². The number of sulfonamides is 1. The van der Waals surface area contributed by atoms with E-state index in [2.05, 4.69) is 0 Å².